The molecule has 1 saturated carbocycles. The molecule has 0 unspecified atom stereocenters. The maximum atomic E-state index is 13.3. The number of aromatic nitrogens is 5. The van der Waals surface area contributed by atoms with E-state index in [2.05, 4.69) is 58.0 Å². The molecule has 3 aliphatic rings. The van der Waals surface area contributed by atoms with Crippen LogP contribution in [0.4, 0.5) is 17.3 Å². The molecule has 0 amide bonds. The number of nitrogens with one attached hydrogen (secondary N) is 1. The van der Waals surface area contributed by atoms with Crippen LogP contribution in [0.3, 0.4) is 0 Å². The summed E-state index contributed by atoms with van der Waals surface area (Å²) in [5, 5.41) is 14.6. The average molecular weight is 581 g/mol. The van der Waals surface area contributed by atoms with E-state index in [1.807, 2.05) is 18.2 Å². The summed E-state index contributed by atoms with van der Waals surface area (Å²) in [6.45, 7) is 8.75. The fraction of sp³-hybridized carbons (Fsp3) is 0.455. The number of allylic oxidation sites excluding steroid dienone is 1. The van der Waals surface area contributed by atoms with Crippen LogP contribution in [-0.4, -0.2) is 67.5 Å². The van der Waals surface area contributed by atoms with Gasteiger partial charge in [-0.05, 0) is 107 Å². The lowest BCUT2D eigenvalue weighted by Gasteiger charge is -2.46. The summed E-state index contributed by atoms with van der Waals surface area (Å²) in [4.78, 5) is 32.3. The standard InChI is InChI=1S/C33H40N8O2/c1-3-18-40-30(42)26-23-34-31(37-29(26)41(40)28-7-4-6-27(36-28)33(43)12-5-13-33)35-24-8-10-25(11-9-24)39-21-16-32(17-22-39)14-19-38(2)20-15-32/h3-4,6-11,23,43H,1,5,12-22H2,2H3,(H,34,35,37). The summed E-state index contributed by atoms with van der Waals surface area (Å²) in [6.07, 6.45) is 10.7. The van der Waals surface area contributed by atoms with Crippen molar-refractivity contribution in [3.05, 3.63) is 77.4 Å². The summed E-state index contributed by atoms with van der Waals surface area (Å²) in [6, 6.07) is 14.0. The van der Waals surface area contributed by atoms with Gasteiger partial charge in [-0.1, -0.05) is 12.1 Å². The highest BCUT2D eigenvalue weighted by atomic mass is 16.3. The van der Waals surface area contributed by atoms with Gasteiger partial charge in [0.05, 0.1) is 12.2 Å². The maximum absolute atomic E-state index is 13.3. The van der Waals surface area contributed by atoms with E-state index >= 15 is 0 Å². The fourth-order valence-electron chi connectivity index (χ4n) is 6.89. The van der Waals surface area contributed by atoms with Gasteiger partial charge in [-0.2, -0.15) is 4.98 Å². The Kier molecular flexibility index (Phi) is 7.05. The number of aliphatic hydroxyl groups is 1. The van der Waals surface area contributed by atoms with Crippen molar-refractivity contribution in [1.82, 2.24) is 29.2 Å². The average Bonchev–Trinajstić information content (AvgIpc) is 3.29. The van der Waals surface area contributed by atoms with Crippen molar-refractivity contribution in [3.63, 3.8) is 0 Å². The monoisotopic (exact) mass is 580 g/mol. The number of piperidine rings is 2. The molecule has 1 aromatic carbocycles. The molecule has 2 saturated heterocycles. The molecule has 7 rings (SSSR count). The molecule has 3 fully saturated rings. The van der Waals surface area contributed by atoms with Crippen molar-refractivity contribution in [2.24, 2.45) is 5.41 Å². The molecule has 4 aromatic rings. The summed E-state index contributed by atoms with van der Waals surface area (Å²) in [5.74, 6) is 0.907. The Bertz CT molecular complexity index is 1690. The third kappa shape index (κ3) is 5.12. The Morgan fingerprint density at radius 2 is 1.70 bits per heavy atom. The quantitative estimate of drug-likeness (QED) is 0.306. The summed E-state index contributed by atoms with van der Waals surface area (Å²) in [5.41, 5.74) is 2.56. The number of pyridine rings is 1. The minimum Gasteiger partial charge on any atom is -0.384 e. The van der Waals surface area contributed by atoms with Gasteiger partial charge in [0.25, 0.3) is 5.56 Å². The Labute approximate surface area is 251 Å². The fourth-order valence-corrected chi connectivity index (χ4v) is 6.89. The van der Waals surface area contributed by atoms with E-state index in [9.17, 15) is 9.90 Å². The number of hydrogen-bond donors (Lipinski definition) is 2. The van der Waals surface area contributed by atoms with Crippen LogP contribution in [0.15, 0.2) is 66.1 Å². The number of benzene rings is 1. The van der Waals surface area contributed by atoms with E-state index in [1.165, 1.54) is 44.5 Å². The Morgan fingerprint density at radius 3 is 2.37 bits per heavy atom. The lowest BCUT2D eigenvalue weighted by Crippen LogP contribution is -2.46. The molecule has 0 bridgehead atoms. The zero-order valence-corrected chi connectivity index (χ0v) is 24.9. The van der Waals surface area contributed by atoms with Gasteiger partial charge in [0.1, 0.15) is 11.0 Å². The van der Waals surface area contributed by atoms with Crippen molar-refractivity contribution >= 4 is 28.4 Å². The Hall–Kier alpha value is -4.02. The van der Waals surface area contributed by atoms with E-state index in [4.69, 9.17) is 9.97 Å². The highest BCUT2D eigenvalue weighted by molar-refractivity contribution is 5.77. The lowest BCUT2D eigenvalue weighted by atomic mass is 9.71. The highest BCUT2D eigenvalue weighted by Crippen LogP contribution is 2.42. The van der Waals surface area contributed by atoms with Gasteiger partial charge in [-0.15, -0.1) is 6.58 Å². The summed E-state index contributed by atoms with van der Waals surface area (Å²) in [7, 11) is 2.23. The van der Waals surface area contributed by atoms with Crippen LogP contribution in [0.25, 0.3) is 16.9 Å². The number of likely N-dealkylation sites (tertiary alicyclic amines) is 1. The Balaban J connectivity index is 1.13. The second-order valence-corrected chi connectivity index (χ2v) is 12.6. The van der Waals surface area contributed by atoms with Crippen LogP contribution in [-0.2, 0) is 12.1 Å². The largest absolute Gasteiger partial charge is 0.384 e. The number of hydrogen-bond acceptors (Lipinski definition) is 8. The van der Waals surface area contributed by atoms with E-state index in [0.717, 1.165) is 25.2 Å². The van der Waals surface area contributed by atoms with Crippen LogP contribution in [0.1, 0.15) is 50.6 Å². The molecule has 10 nitrogen and oxygen atoms in total. The topological polar surface area (TPSA) is 104 Å². The third-order valence-electron chi connectivity index (χ3n) is 9.95. The number of nitrogens with zero attached hydrogens (tertiary/aromatic N) is 7. The van der Waals surface area contributed by atoms with Crippen LogP contribution in [0, 0.1) is 5.41 Å². The van der Waals surface area contributed by atoms with Gasteiger partial charge in [0.15, 0.2) is 11.5 Å². The van der Waals surface area contributed by atoms with E-state index < -0.39 is 5.60 Å². The molecule has 1 aliphatic carbocycles. The smallest absolute Gasteiger partial charge is 0.278 e. The summed E-state index contributed by atoms with van der Waals surface area (Å²) >= 11 is 0. The van der Waals surface area contributed by atoms with Crippen LogP contribution in [0.2, 0.25) is 0 Å². The first-order valence-electron chi connectivity index (χ1n) is 15.5. The van der Waals surface area contributed by atoms with Crippen LogP contribution in [0.5, 0.6) is 0 Å². The predicted octanol–water partition coefficient (Wildman–Crippen LogP) is 4.59. The molecule has 3 aromatic heterocycles. The zero-order chi connectivity index (χ0) is 29.6. The molecule has 2 aliphatic heterocycles. The normalized spacial score (nSPS) is 19.8. The van der Waals surface area contributed by atoms with E-state index in [-0.39, 0.29) is 12.1 Å². The van der Waals surface area contributed by atoms with Crippen molar-refractivity contribution in [2.45, 2.75) is 57.1 Å². The molecule has 43 heavy (non-hydrogen) atoms. The van der Waals surface area contributed by atoms with Gasteiger partial charge in [0.2, 0.25) is 5.95 Å². The molecule has 5 heterocycles. The molecular weight excluding hydrogens is 540 g/mol. The van der Waals surface area contributed by atoms with Gasteiger partial charge in [-0.3, -0.25) is 4.79 Å². The van der Waals surface area contributed by atoms with Gasteiger partial charge in [-0.25, -0.2) is 19.3 Å². The van der Waals surface area contributed by atoms with Gasteiger partial charge < -0.3 is 20.2 Å². The van der Waals surface area contributed by atoms with Crippen LogP contribution < -0.4 is 15.8 Å². The van der Waals surface area contributed by atoms with Gasteiger partial charge in [0, 0.05) is 30.7 Å². The highest BCUT2D eigenvalue weighted by Gasteiger charge is 2.38. The molecule has 224 valence electrons. The van der Waals surface area contributed by atoms with Crippen molar-refractivity contribution in [3.8, 4) is 5.82 Å². The number of fused-ring (bicyclic) bond motifs is 1. The first-order valence-corrected chi connectivity index (χ1v) is 15.5. The Morgan fingerprint density at radius 1 is 0.977 bits per heavy atom. The second-order valence-electron chi connectivity index (χ2n) is 12.6. The van der Waals surface area contributed by atoms with Crippen molar-refractivity contribution < 1.29 is 5.11 Å². The van der Waals surface area contributed by atoms with Gasteiger partial charge >= 0.3 is 0 Å². The lowest BCUT2D eigenvalue weighted by molar-refractivity contribution is -0.0426. The molecule has 10 heteroatoms. The predicted molar refractivity (Wildman–Crippen MR) is 169 cm³/mol. The first kappa shape index (κ1) is 27.8. The van der Waals surface area contributed by atoms with E-state index in [0.29, 0.717) is 46.8 Å². The maximum Gasteiger partial charge on any atom is 0.278 e. The second kappa shape index (κ2) is 10.9. The number of anilines is 3. The molecular formula is C33H40N8O2. The molecule has 0 radical (unpaired) electrons. The third-order valence-corrected chi connectivity index (χ3v) is 9.95. The molecule has 1 spiro atoms. The SMILES string of the molecule is C=CCn1c(=O)c2cnc(Nc3ccc(N4CCC5(CCN(C)CC5)CC4)cc3)nc2n1-c1cccc(C2(O)CCC2)n1. The van der Waals surface area contributed by atoms with Crippen molar-refractivity contribution in [1.29, 1.82) is 0 Å². The van der Waals surface area contributed by atoms with Crippen LogP contribution >= 0.6 is 0 Å². The van der Waals surface area contributed by atoms with Crippen molar-refractivity contribution in [2.75, 3.05) is 43.4 Å². The first-order chi connectivity index (χ1) is 20.9. The minimum atomic E-state index is -0.918. The molecule has 0 atom stereocenters. The van der Waals surface area contributed by atoms with E-state index in [1.54, 1.807) is 21.6 Å². The summed E-state index contributed by atoms with van der Waals surface area (Å²) < 4.78 is 3.25. The zero-order valence-electron chi connectivity index (χ0n) is 24.9. The molecule has 2 N–H and O–H groups in total. The minimum absolute atomic E-state index is 0.219. The number of rotatable bonds is 7.